The molecule has 120 valence electrons. The summed E-state index contributed by atoms with van der Waals surface area (Å²) in [5.74, 6) is -1.87. The smallest absolute Gasteiger partial charge is 0.322 e. The fraction of sp³-hybridized carbons (Fsp3) is 0.167. The Balaban J connectivity index is 2.42. The van der Waals surface area contributed by atoms with Crippen LogP contribution < -0.4 is 5.73 Å². The van der Waals surface area contributed by atoms with Gasteiger partial charge in [0.1, 0.15) is 17.7 Å². The van der Waals surface area contributed by atoms with Crippen LogP contribution in [0.1, 0.15) is 17.5 Å². The summed E-state index contributed by atoms with van der Waals surface area (Å²) in [5.41, 5.74) is 7.26. The van der Waals surface area contributed by atoms with Gasteiger partial charge in [-0.1, -0.05) is 36.4 Å². The van der Waals surface area contributed by atoms with Gasteiger partial charge in [0.2, 0.25) is 0 Å². The Morgan fingerprint density at radius 3 is 2.52 bits per heavy atom. The van der Waals surface area contributed by atoms with Gasteiger partial charge in [0.05, 0.1) is 7.11 Å². The highest BCUT2D eigenvalue weighted by molar-refractivity contribution is 5.81. The van der Waals surface area contributed by atoms with Crippen molar-refractivity contribution in [2.24, 2.45) is 5.73 Å². The van der Waals surface area contributed by atoms with E-state index in [1.54, 1.807) is 18.2 Å². The second-order valence-corrected chi connectivity index (χ2v) is 4.97. The number of carbonyl (C=O) groups excluding carboxylic acids is 1. The highest BCUT2D eigenvalue weighted by Crippen LogP contribution is 2.27. The zero-order valence-corrected chi connectivity index (χ0v) is 12.6. The van der Waals surface area contributed by atoms with E-state index in [0.29, 0.717) is 5.57 Å². The lowest BCUT2D eigenvalue weighted by Gasteiger charge is -2.12. The number of carbonyl (C=O) groups is 1. The molecule has 3 nitrogen and oxygen atoms in total. The van der Waals surface area contributed by atoms with Crippen LogP contribution in [0.5, 0.6) is 0 Å². The van der Waals surface area contributed by atoms with Gasteiger partial charge in [-0.15, -0.1) is 0 Å². The molecule has 2 aromatic rings. The quantitative estimate of drug-likeness (QED) is 0.861. The number of rotatable bonds is 5. The average Bonchev–Trinajstić information content (AvgIpc) is 2.56. The Bertz CT molecular complexity index is 714. The number of esters is 1. The van der Waals surface area contributed by atoms with Crippen LogP contribution in [0.15, 0.2) is 54.6 Å². The van der Waals surface area contributed by atoms with Crippen LogP contribution in [0.25, 0.3) is 5.57 Å². The highest BCUT2D eigenvalue weighted by Gasteiger charge is 2.15. The van der Waals surface area contributed by atoms with E-state index in [9.17, 15) is 13.6 Å². The van der Waals surface area contributed by atoms with Crippen molar-refractivity contribution in [2.45, 2.75) is 12.5 Å². The number of ether oxygens (including phenoxy) is 1. The van der Waals surface area contributed by atoms with E-state index in [0.717, 1.165) is 11.6 Å². The number of halogens is 2. The minimum Gasteiger partial charge on any atom is -0.468 e. The number of hydrogen-bond acceptors (Lipinski definition) is 3. The maximum absolute atomic E-state index is 14.1. The molecule has 0 aromatic heterocycles. The number of benzene rings is 2. The van der Waals surface area contributed by atoms with E-state index in [4.69, 9.17) is 5.73 Å². The van der Waals surface area contributed by atoms with Gasteiger partial charge in [0.25, 0.3) is 0 Å². The summed E-state index contributed by atoms with van der Waals surface area (Å²) in [7, 11) is 1.25. The van der Waals surface area contributed by atoms with Crippen molar-refractivity contribution in [2.75, 3.05) is 7.11 Å². The first kappa shape index (κ1) is 16.8. The topological polar surface area (TPSA) is 52.3 Å². The number of methoxy groups -OCH3 is 1. The molecule has 1 atom stereocenters. The standard InChI is InChI=1S/C18H17F2NO2/c1-23-18(22)17(21)10-9-14(12-5-3-2-4-6-12)15-8-7-13(19)11-16(15)20/h2-9,11,17H,10,21H2,1H3. The lowest BCUT2D eigenvalue weighted by molar-refractivity contribution is -0.142. The zero-order valence-electron chi connectivity index (χ0n) is 12.6. The Kier molecular flexibility index (Phi) is 5.60. The van der Waals surface area contributed by atoms with E-state index < -0.39 is 23.6 Å². The summed E-state index contributed by atoms with van der Waals surface area (Å²) in [6, 6.07) is 11.6. The molecule has 0 aliphatic rings. The SMILES string of the molecule is COC(=O)C(N)CC=C(c1ccccc1)c1ccc(F)cc1F. The first-order valence-electron chi connectivity index (χ1n) is 7.07. The van der Waals surface area contributed by atoms with E-state index in [-0.39, 0.29) is 12.0 Å². The van der Waals surface area contributed by atoms with Crippen molar-refractivity contribution >= 4 is 11.5 Å². The first-order valence-corrected chi connectivity index (χ1v) is 7.07. The van der Waals surface area contributed by atoms with E-state index in [1.165, 1.54) is 19.2 Å². The van der Waals surface area contributed by atoms with Gasteiger partial charge in [-0.2, -0.15) is 0 Å². The van der Waals surface area contributed by atoms with Crippen molar-refractivity contribution < 1.29 is 18.3 Å². The van der Waals surface area contributed by atoms with E-state index in [2.05, 4.69) is 4.74 Å². The molecule has 1 unspecified atom stereocenters. The summed E-state index contributed by atoms with van der Waals surface area (Å²) in [6.07, 6.45) is 1.83. The van der Waals surface area contributed by atoms with Gasteiger partial charge in [-0.3, -0.25) is 4.79 Å². The molecule has 2 N–H and O–H groups in total. The summed E-state index contributed by atoms with van der Waals surface area (Å²) >= 11 is 0. The molecule has 5 heteroatoms. The van der Waals surface area contributed by atoms with Gasteiger partial charge in [-0.25, -0.2) is 8.78 Å². The Hall–Kier alpha value is -2.53. The minimum absolute atomic E-state index is 0.174. The van der Waals surface area contributed by atoms with Crippen molar-refractivity contribution in [3.8, 4) is 0 Å². The summed E-state index contributed by atoms with van der Waals surface area (Å²) in [6.45, 7) is 0. The third-order valence-electron chi connectivity index (χ3n) is 3.39. The fourth-order valence-corrected chi connectivity index (χ4v) is 2.20. The van der Waals surface area contributed by atoms with Crippen LogP contribution in [0, 0.1) is 11.6 Å². The van der Waals surface area contributed by atoms with Crippen LogP contribution >= 0.6 is 0 Å². The summed E-state index contributed by atoms with van der Waals surface area (Å²) < 4.78 is 31.8. The highest BCUT2D eigenvalue weighted by atomic mass is 19.1. The predicted octanol–water partition coefficient (Wildman–Crippen LogP) is 3.29. The van der Waals surface area contributed by atoms with Crippen LogP contribution in [0.4, 0.5) is 8.78 Å². The normalized spacial score (nSPS) is 12.8. The molecule has 0 spiro atoms. The molecule has 0 amide bonds. The average molecular weight is 317 g/mol. The van der Waals surface area contributed by atoms with Crippen LogP contribution in [-0.2, 0) is 9.53 Å². The van der Waals surface area contributed by atoms with Crippen molar-refractivity contribution in [1.82, 2.24) is 0 Å². The lowest BCUT2D eigenvalue weighted by Crippen LogP contribution is -2.30. The fourth-order valence-electron chi connectivity index (χ4n) is 2.20. The Morgan fingerprint density at radius 2 is 1.91 bits per heavy atom. The minimum atomic E-state index is -0.845. The van der Waals surface area contributed by atoms with Crippen LogP contribution in [0.3, 0.4) is 0 Å². The largest absolute Gasteiger partial charge is 0.468 e. The monoisotopic (exact) mass is 317 g/mol. The number of hydrogen-bond donors (Lipinski definition) is 1. The van der Waals surface area contributed by atoms with Gasteiger partial charge in [0, 0.05) is 11.6 Å². The molecule has 23 heavy (non-hydrogen) atoms. The molecular formula is C18H17F2NO2. The van der Waals surface area contributed by atoms with Gasteiger partial charge < -0.3 is 10.5 Å². The molecule has 0 aliphatic heterocycles. The zero-order chi connectivity index (χ0) is 16.8. The van der Waals surface area contributed by atoms with Crippen molar-refractivity contribution in [3.05, 3.63) is 77.4 Å². The summed E-state index contributed by atoms with van der Waals surface area (Å²) in [4.78, 5) is 11.4. The first-order chi connectivity index (χ1) is 11.0. The maximum Gasteiger partial charge on any atom is 0.322 e. The van der Waals surface area contributed by atoms with Gasteiger partial charge >= 0.3 is 5.97 Å². The van der Waals surface area contributed by atoms with E-state index in [1.807, 2.05) is 18.2 Å². The molecule has 2 rings (SSSR count). The Labute approximate surface area is 133 Å². The molecule has 0 bridgehead atoms. The maximum atomic E-state index is 14.1. The molecule has 0 radical (unpaired) electrons. The molecule has 0 heterocycles. The lowest BCUT2D eigenvalue weighted by atomic mass is 9.95. The molecule has 2 aromatic carbocycles. The second kappa shape index (κ2) is 7.65. The van der Waals surface area contributed by atoms with Crippen LogP contribution in [-0.4, -0.2) is 19.1 Å². The molecule has 0 fully saturated rings. The third kappa shape index (κ3) is 4.23. The molecular weight excluding hydrogens is 300 g/mol. The van der Waals surface area contributed by atoms with Crippen molar-refractivity contribution in [1.29, 1.82) is 0 Å². The Morgan fingerprint density at radius 1 is 1.22 bits per heavy atom. The van der Waals surface area contributed by atoms with Crippen molar-refractivity contribution in [3.63, 3.8) is 0 Å². The predicted molar refractivity (Wildman–Crippen MR) is 84.5 cm³/mol. The van der Waals surface area contributed by atoms with Gasteiger partial charge in [-0.05, 0) is 29.7 Å². The molecule has 0 saturated carbocycles. The molecule has 0 aliphatic carbocycles. The second-order valence-electron chi connectivity index (χ2n) is 4.97. The van der Waals surface area contributed by atoms with Gasteiger partial charge in [0.15, 0.2) is 0 Å². The molecule has 0 saturated heterocycles. The number of nitrogens with two attached hydrogens (primary N) is 1. The van der Waals surface area contributed by atoms with Crippen LogP contribution in [0.2, 0.25) is 0 Å². The third-order valence-corrected chi connectivity index (χ3v) is 3.39. The summed E-state index contributed by atoms with van der Waals surface area (Å²) in [5, 5.41) is 0. The van der Waals surface area contributed by atoms with E-state index >= 15 is 0 Å².